The van der Waals surface area contributed by atoms with Crippen molar-refractivity contribution in [3.8, 4) is 0 Å². The predicted molar refractivity (Wildman–Crippen MR) is 66.5 cm³/mol. The maximum absolute atomic E-state index is 2.16. The van der Waals surface area contributed by atoms with Gasteiger partial charge in [0.25, 0.3) is 0 Å². The second kappa shape index (κ2) is 12.2. The Morgan fingerprint density at radius 3 is 1.64 bits per heavy atom. The van der Waals surface area contributed by atoms with E-state index in [1.807, 2.05) is 33.8 Å². The fourth-order valence-electron chi connectivity index (χ4n) is 0.949. The number of benzene rings is 1. The molecule has 0 saturated heterocycles. The molecule has 1 rings (SSSR count). The minimum absolute atomic E-state index is 1.03. The topological polar surface area (TPSA) is 3.24 Å². The molecule has 0 aliphatic heterocycles. The third-order valence-corrected chi connectivity index (χ3v) is 1.34. The lowest BCUT2D eigenvalue weighted by Crippen LogP contribution is -2.10. The van der Waals surface area contributed by atoms with E-state index in [9.17, 15) is 0 Å². The Hall–Kier alpha value is -0.820. The minimum Gasteiger partial charge on any atom is -0.305 e. The molecule has 0 atom stereocenters. The van der Waals surface area contributed by atoms with Crippen molar-refractivity contribution in [1.29, 1.82) is 0 Å². The third-order valence-electron chi connectivity index (χ3n) is 1.34. The van der Waals surface area contributed by atoms with Gasteiger partial charge in [0.15, 0.2) is 0 Å². The van der Waals surface area contributed by atoms with Crippen molar-refractivity contribution in [2.24, 2.45) is 0 Å². The molecule has 0 unspecified atom stereocenters. The second-order valence-corrected chi connectivity index (χ2v) is 2.72. The highest BCUT2D eigenvalue weighted by Crippen LogP contribution is 1.99. The predicted octanol–water partition coefficient (Wildman–Crippen LogP) is 3.80. The van der Waals surface area contributed by atoms with Gasteiger partial charge in [-0.2, -0.15) is 0 Å². The van der Waals surface area contributed by atoms with Crippen LogP contribution in [0.4, 0.5) is 0 Å². The van der Waals surface area contributed by atoms with Crippen molar-refractivity contribution in [3.05, 3.63) is 35.9 Å². The maximum atomic E-state index is 2.16. The molecule has 0 aromatic heterocycles. The van der Waals surface area contributed by atoms with Gasteiger partial charge in [0.05, 0.1) is 0 Å². The average Bonchev–Trinajstić information content (AvgIpc) is 2.24. The molecule has 0 aliphatic rings. The van der Waals surface area contributed by atoms with Crippen LogP contribution < -0.4 is 0 Å². The standard InChI is InChI=1S/C9H13N.2C2H6/c1-10(2)8-9-6-4-3-5-7-9;2*1-2/h3-7H,8H2,1-2H3;2*1-2H3. The molecule has 1 aromatic carbocycles. The van der Waals surface area contributed by atoms with Crippen LogP contribution >= 0.6 is 0 Å². The molecule has 0 fully saturated rings. The van der Waals surface area contributed by atoms with E-state index < -0.39 is 0 Å². The van der Waals surface area contributed by atoms with Crippen LogP contribution in [0.2, 0.25) is 0 Å². The monoisotopic (exact) mass is 195 g/mol. The normalized spacial score (nSPS) is 8.21. The summed E-state index contributed by atoms with van der Waals surface area (Å²) in [6, 6.07) is 10.5. The largest absolute Gasteiger partial charge is 0.305 e. The Morgan fingerprint density at radius 1 is 0.857 bits per heavy atom. The maximum Gasteiger partial charge on any atom is 0.0227 e. The lowest BCUT2D eigenvalue weighted by atomic mass is 10.2. The Kier molecular flexibility index (Phi) is 13.6. The molecule has 0 bridgehead atoms. The number of nitrogens with zero attached hydrogens (tertiary/aromatic N) is 1. The van der Waals surface area contributed by atoms with Gasteiger partial charge in [-0.1, -0.05) is 58.0 Å². The lowest BCUT2D eigenvalue weighted by Gasteiger charge is -2.08. The zero-order valence-corrected chi connectivity index (χ0v) is 10.5. The van der Waals surface area contributed by atoms with Gasteiger partial charge >= 0.3 is 0 Å². The van der Waals surface area contributed by atoms with Gasteiger partial charge in [-0.15, -0.1) is 0 Å². The van der Waals surface area contributed by atoms with Gasteiger partial charge in [-0.25, -0.2) is 0 Å². The van der Waals surface area contributed by atoms with E-state index >= 15 is 0 Å². The van der Waals surface area contributed by atoms with E-state index in [0.717, 1.165) is 6.54 Å². The fourth-order valence-corrected chi connectivity index (χ4v) is 0.949. The SMILES string of the molecule is CC.CC.CN(C)Cc1ccccc1. The second-order valence-electron chi connectivity index (χ2n) is 2.72. The first-order valence-corrected chi connectivity index (χ1v) is 5.47. The zero-order valence-electron chi connectivity index (χ0n) is 10.5. The van der Waals surface area contributed by atoms with E-state index in [-0.39, 0.29) is 0 Å². The van der Waals surface area contributed by atoms with Crippen LogP contribution in [0.15, 0.2) is 30.3 Å². The Bertz CT molecular complexity index is 180. The Balaban J connectivity index is 0. The quantitative estimate of drug-likeness (QED) is 0.694. The highest BCUT2D eigenvalue weighted by molar-refractivity contribution is 5.14. The summed E-state index contributed by atoms with van der Waals surface area (Å²) in [4.78, 5) is 2.16. The summed E-state index contributed by atoms with van der Waals surface area (Å²) in [5, 5.41) is 0. The molecule has 0 amide bonds. The molecule has 1 heteroatoms. The highest BCUT2D eigenvalue weighted by Gasteiger charge is 1.90. The average molecular weight is 195 g/mol. The lowest BCUT2D eigenvalue weighted by molar-refractivity contribution is 0.402. The van der Waals surface area contributed by atoms with E-state index in [1.54, 1.807) is 0 Å². The van der Waals surface area contributed by atoms with E-state index in [0.29, 0.717) is 0 Å². The molecule has 1 nitrogen and oxygen atoms in total. The van der Waals surface area contributed by atoms with Crippen molar-refractivity contribution >= 4 is 0 Å². The number of hydrogen-bond acceptors (Lipinski definition) is 1. The third kappa shape index (κ3) is 9.27. The molecule has 1 aromatic rings. The molecular weight excluding hydrogens is 170 g/mol. The summed E-state index contributed by atoms with van der Waals surface area (Å²) in [6.07, 6.45) is 0. The van der Waals surface area contributed by atoms with Gasteiger partial charge in [0.1, 0.15) is 0 Å². The first kappa shape index (κ1) is 15.6. The summed E-state index contributed by atoms with van der Waals surface area (Å²) in [5.41, 5.74) is 1.37. The molecule has 0 saturated carbocycles. The van der Waals surface area contributed by atoms with E-state index in [2.05, 4.69) is 43.3 Å². The van der Waals surface area contributed by atoms with Gasteiger partial charge < -0.3 is 4.90 Å². The number of hydrogen-bond donors (Lipinski definition) is 0. The van der Waals surface area contributed by atoms with Crippen LogP contribution in [0.3, 0.4) is 0 Å². The van der Waals surface area contributed by atoms with Crippen LogP contribution in [0.5, 0.6) is 0 Å². The summed E-state index contributed by atoms with van der Waals surface area (Å²) in [5.74, 6) is 0. The Labute approximate surface area is 89.8 Å². The zero-order chi connectivity index (χ0) is 11.4. The molecule has 82 valence electrons. The van der Waals surface area contributed by atoms with Crippen LogP contribution in [0, 0.1) is 0 Å². The smallest absolute Gasteiger partial charge is 0.0227 e. The molecule has 0 heterocycles. The van der Waals surface area contributed by atoms with E-state index in [1.165, 1.54) is 5.56 Å². The summed E-state index contributed by atoms with van der Waals surface area (Å²) in [7, 11) is 4.15. The molecule has 14 heavy (non-hydrogen) atoms. The minimum atomic E-state index is 1.03. The van der Waals surface area contributed by atoms with Gasteiger partial charge in [0, 0.05) is 6.54 Å². The van der Waals surface area contributed by atoms with Crippen LogP contribution in [-0.4, -0.2) is 19.0 Å². The van der Waals surface area contributed by atoms with Crippen LogP contribution in [0.25, 0.3) is 0 Å². The molecular formula is C13H25N. The van der Waals surface area contributed by atoms with Crippen LogP contribution in [0.1, 0.15) is 33.3 Å². The summed E-state index contributed by atoms with van der Waals surface area (Å²) >= 11 is 0. The van der Waals surface area contributed by atoms with Gasteiger partial charge in [0.2, 0.25) is 0 Å². The van der Waals surface area contributed by atoms with Crippen molar-refractivity contribution in [3.63, 3.8) is 0 Å². The molecule has 0 radical (unpaired) electrons. The van der Waals surface area contributed by atoms with Crippen LogP contribution in [-0.2, 0) is 6.54 Å². The molecule has 0 spiro atoms. The number of rotatable bonds is 2. The summed E-state index contributed by atoms with van der Waals surface area (Å²) < 4.78 is 0. The van der Waals surface area contributed by atoms with Crippen molar-refractivity contribution in [2.45, 2.75) is 34.2 Å². The van der Waals surface area contributed by atoms with Crippen molar-refractivity contribution in [1.82, 2.24) is 4.90 Å². The van der Waals surface area contributed by atoms with Gasteiger partial charge in [-0.3, -0.25) is 0 Å². The van der Waals surface area contributed by atoms with Crippen molar-refractivity contribution in [2.75, 3.05) is 14.1 Å². The fraction of sp³-hybridized carbons (Fsp3) is 0.538. The first-order chi connectivity index (χ1) is 6.79. The molecule has 0 N–H and O–H groups in total. The van der Waals surface area contributed by atoms with E-state index in [4.69, 9.17) is 0 Å². The van der Waals surface area contributed by atoms with Crippen molar-refractivity contribution < 1.29 is 0 Å². The van der Waals surface area contributed by atoms with Gasteiger partial charge in [-0.05, 0) is 19.7 Å². The summed E-state index contributed by atoms with van der Waals surface area (Å²) in [6.45, 7) is 9.03. The Morgan fingerprint density at radius 2 is 1.29 bits per heavy atom. The highest BCUT2D eigenvalue weighted by atomic mass is 15.0. The molecule has 0 aliphatic carbocycles. The first-order valence-electron chi connectivity index (χ1n) is 5.47.